The van der Waals surface area contributed by atoms with Crippen LogP contribution in [-0.2, 0) is 19.6 Å². The fraction of sp³-hybridized carbons (Fsp3) is 0.444. The highest BCUT2D eigenvalue weighted by Gasteiger charge is 2.16. The Hall–Kier alpha value is -0.830. The molecule has 14 heavy (non-hydrogen) atoms. The molecule has 0 saturated heterocycles. The number of aromatic nitrogens is 2. The average molecular weight is 209 g/mol. The predicted molar refractivity (Wildman–Crippen MR) is 56.1 cm³/mol. The highest BCUT2D eigenvalue weighted by atomic mass is 31.1. The summed E-state index contributed by atoms with van der Waals surface area (Å²) in [6, 6.07) is 0. The van der Waals surface area contributed by atoms with Gasteiger partial charge in [-0.05, 0) is 8.35 Å². The summed E-state index contributed by atoms with van der Waals surface area (Å²) >= 11 is 0. The number of rotatable bonds is 2. The first-order chi connectivity index (χ1) is 6.83. The molecule has 0 spiro atoms. The summed E-state index contributed by atoms with van der Waals surface area (Å²) in [6.45, 7) is 1.77. The van der Waals surface area contributed by atoms with Gasteiger partial charge in [-0.25, -0.2) is 9.97 Å². The van der Waals surface area contributed by atoms with Crippen molar-refractivity contribution >= 4 is 14.7 Å². The molecular formula is C9H12N3OP. The highest BCUT2D eigenvalue weighted by Crippen LogP contribution is 2.20. The van der Waals surface area contributed by atoms with Gasteiger partial charge in [0.15, 0.2) is 5.82 Å². The van der Waals surface area contributed by atoms with Crippen LogP contribution in [0.2, 0.25) is 0 Å². The Morgan fingerprint density at radius 3 is 3.21 bits per heavy atom. The third-order valence-electron chi connectivity index (χ3n) is 2.31. The summed E-state index contributed by atoms with van der Waals surface area (Å²) in [5.74, 6) is 0.518. The molecule has 0 bridgehead atoms. The zero-order valence-corrected chi connectivity index (χ0v) is 8.74. The van der Waals surface area contributed by atoms with Crippen LogP contribution in [0.25, 0.3) is 0 Å². The highest BCUT2D eigenvalue weighted by molar-refractivity contribution is 7.33. The van der Waals surface area contributed by atoms with Crippen LogP contribution in [0, 0.1) is 0 Å². The van der Waals surface area contributed by atoms with Crippen LogP contribution in [0.5, 0.6) is 0 Å². The molecule has 0 unspecified atom stereocenters. The van der Waals surface area contributed by atoms with Crippen molar-refractivity contribution < 1.29 is 5.11 Å². The van der Waals surface area contributed by atoms with Gasteiger partial charge in [0.05, 0.1) is 5.69 Å². The Labute approximate surface area is 84.5 Å². The van der Waals surface area contributed by atoms with E-state index in [2.05, 4.69) is 20.9 Å². The molecule has 1 N–H and O–H groups in total. The second kappa shape index (κ2) is 4.13. The smallest absolute Gasteiger partial charge is 0.153 e. The first-order valence-electron chi connectivity index (χ1n) is 4.49. The molecule has 74 valence electrons. The van der Waals surface area contributed by atoms with Gasteiger partial charge in [-0.15, -0.1) is 0 Å². The summed E-state index contributed by atoms with van der Waals surface area (Å²) in [5.41, 5.74) is 2.23. The third-order valence-corrected chi connectivity index (χ3v) is 3.05. The Morgan fingerprint density at radius 2 is 2.50 bits per heavy atom. The average Bonchev–Trinajstić information content (AvgIpc) is 2.27. The van der Waals surface area contributed by atoms with Gasteiger partial charge in [-0.1, -0.05) is 6.30 Å². The van der Waals surface area contributed by atoms with Crippen molar-refractivity contribution in [3.05, 3.63) is 23.3 Å². The minimum atomic E-state index is -0.0788. The van der Waals surface area contributed by atoms with Crippen molar-refractivity contribution in [3.8, 4) is 0 Å². The van der Waals surface area contributed by atoms with Crippen LogP contribution in [0.1, 0.15) is 17.1 Å². The largest absolute Gasteiger partial charge is 0.388 e. The van der Waals surface area contributed by atoms with E-state index in [9.17, 15) is 0 Å². The fourth-order valence-electron chi connectivity index (χ4n) is 1.54. The van der Waals surface area contributed by atoms with E-state index in [1.807, 2.05) is 6.20 Å². The lowest BCUT2D eigenvalue weighted by atomic mass is 10.1. The van der Waals surface area contributed by atoms with Crippen LogP contribution >= 0.6 is 8.35 Å². The van der Waals surface area contributed by atoms with E-state index in [1.165, 1.54) is 0 Å². The summed E-state index contributed by atoms with van der Waals surface area (Å²) in [7, 11) is 1.05. The lowest BCUT2D eigenvalue weighted by Gasteiger charge is -2.23. The number of nitrogens with zero attached hydrogens (tertiary/aromatic N) is 3. The number of aliphatic hydroxyl groups is 1. The topological polar surface area (TPSA) is 49.2 Å². The lowest BCUT2D eigenvalue weighted by molar-refractivity contribution is 0.270. The molecule has 4 nitrogen and oxygen atoms in total. The number of fused-ring (bicyclic) bond motifs is 1. The molecule has 1 aromatic heterocycles. The maximum Gasteiger partial charge on any atom is 0.153 e. The molecule has 0 amide bonds. The van der Waals surface area contributed by atoms with E-state index in [0.717, 1.165) is 39.1 Å². The first-order valence-corrected chi connectivity index (χ1v) is 5.53. The quantitative estimate of drug-likeness (QED) is 0.725. The molecule has 1 aliphatic rings. The summed E-state index contributed by atoms with van der Waals surface area (Å²) in [6.07, 6.45) is 6.57. The normalized spacial score (nSPS) is 16.9. The molecule has 2 heterocycles. The molecular weight excluding hydrogens is 197 g/mol. The monoisotopic (exact) mass is 209 g/mol. The number of aliphatic hydroxyl groups excluding tert-OH is 1. The van der Waals surface area contributed by atoms with Crippen LogP contribution in [-0.4, -0.2) is 32.6 Å². The van der Waals surface area contributed by atoms with E-state index < -0.39 is 0 Å². The van der Waals surface area contributed by atoms with E-state index in [1.54, 1.807) is 0 Å². The Bertz CT molecular complexity index is 356. The summed E-state index contributed by atoms with van der Waals surface area (Å²) in [5, 5.41) is 8.89. The van der Waals surface area contributed by atoms with Crippen molar-refractivity contribution in [2.45, 2.75) is 19.6 Å². The zero-order chi connectivity index (χ0) is 9.97. The molecule has 0 aliphatic carbocycles. The van der Waals surface area contributed by atoms with Crippen LogP contribution in [0.3, 0.4) is 0 Å². The van der Waals surface area contributed by atoms with Crippen molar-refractivity contribution in [3.63, 3.8) is 0 Å². The molecule has 5 heteroatoms. The SMILES string of the molecule is C=PN1CCc2nc(CO)ncc2C1. The molecule has 2 rings (SSSR count). The van der Waals surface area contributed by atoms with Gasteiger partial charge in [0.25, 0.3) is 0 Å². The standard InChI is InChI=1S/C9H12N3OP/c1-14-12-3-2-8-7(5-12)4-10-9(6-13)11-8/h4,13H,1-3,5-6H2. The van der Waals surface area contributed by atoms with Gasteiger partial charge in [-0.2, -0.15) is 0 Å². The van der Waals surface area contributed by atoms with Crippen molar-refractivity contribution in [1.29, 1.82) is 0 Å². The minimum absolute atomic E-state index is 0.0788. The Balaban J connectivity index is 2.27. The number of hydrogen-bond donors (Lipinski definition) is 1. The third kappa shape index (κ3) is 1.82. The van der Waals surface area contributed by atoms with Crippen molar-refractivity contribution in [2.75, 3.05) is 6.54 Å². The van der Waals surface area contributed by atoms with Gasteiger partial charge in [0.1, 0.15) is 6.61 Å². The second-order valence-electron chi connectivity index (χ2n) is 3.20. The van der Waals surface area contributed by atoms with Gasteiger partial charge in [0.2, 0.25) is 0 Å². The van der Waals surface area contributed by atoms with Crippen LogP contribution < -0.4 is 0 Å². The van der Waals surface area contributed by atoms with E-state index >= 15 is 0 Å². The zero-order valence-electron chi connectivity index (χ0n) is 7.85. The van der Waals surface area contributed by atoms with Crippen molar-refractivity contribution in [2.24, 2.45) is 0 Å². The van der Waals surface area contributed by atoms with Gasteiger partial charge >= 0.3 is 0 Å². The molecule has 1 aliphatic heterocycles. The first kappa shape index (κ1) is 9.71. The Morgan fingerprint density at radius 1 is 1.64 bits per heavy atom. The van der Waals surface area contributed by atoms with Gasteiger partial charge in [-0.3, -0.25) is 4.67 Å². The van der Waals surface area contributed by atoms with Crippen LogP contribution in [0.15, 0.2) is 6.20 Å². The minimum Gasteiger partial charge on any atom is -0.388 e. The van der Waals surface area contributed by atoms with E-state index in [0.29, 0.717) is 5.82 Å². The summed E-state index contributed by atoms with van der Waals surface area (Å²) < 4.78 is 2.23. The molecule has 0 atom stereocenters. The second-order valence-corrected chi connectivity index (χ2v) is 4.04. The maximum absolute atomic E-state index is 8.89. The molecule has 1 aromatic rings. The maximum atomic E-state index is 8.89. The fourth-order valence-corrected chi connectivity index (χ4v) is 2.03. The van der Waals surface area contributed by atoms with Crippen LogP contribution in [0.4, 0.5) is 0 Å². The summed E-state index contributed by atoms with van der Waals surface area (Å²) in [4.78, 5) is 8.36. The van der Waals surface area contributed by atoms with Gasteiger partial charge < -0.3 is 5.11 Å². The molecule has 0 aromatic carbocycles. The molecule has 0 saturated carbocycles. The van der Waals surface area contributed by atoms with Gasteiger partial charge in [0, 0.05) is 31.3 Å². The van der Waals surface area contributed by atoms with Crippen molar-refractivity contribution in [1.82, 2.24) is 14.6 Å². The molecule has 0 fully saturated rings. The number of hydrogen-bond acceptors (Lipinski definition) is 4. The Kier molecular flexibility index (Phi) is 2.87. The lowest BCUT2D eigenvalue weighted by Crippen LogP contribution is -2.24. The van der Waals surface area contributed by atoms with E-state index in [4.69, 9.17) is 5.11 Å². The predicted octanol–water partition coefficient (Wildman–Crippen LogP) is 0.620. The van der Waals surface area contributed by atoms with E-state index in [-0.39, 0.29) is 6.61 Å². The molecule has 0 radical (unpaired) electrons.